The summed E-state index contributed by atoms with van der Waals surface area (Å²) in [4.78, 5) is 45.0. The lowest BCUT2D eigenvalue weighted by atomic mass is 10.0. The molecule has 0 spiro atoms. The summed E-state index contributed by atoms with van der Waals surface area (Å²) in [5.74, 6) is 0.0974. The van der Waals surface area contributed by atoms with Gasteiger partial charge in [-0.2, -0.15) is 0 Å². The first-order chi connectivity index (χ1) is 19.0. The Hall–Kier alpha value is -3.60. The molecule has 1 saturated carbocycles. The third-order valence-electron chi connectivity index (χ3n) is 6.91. The van der Waals surface area contributed by atoms with E-state index in [1.54, 1.807) is 34.1 Å². The van der Waals surface area contributed by atoms with E-state index in [9.17, 15) is 19.5 Å². The minimum atomic E-state index is -1.40. The highest BCUT2D eigenvalue weighted by molar-refractivity contribution is 5.89. The molecule has 1 aliphatic carbocycles. The van der Waals surface area contributed by atoms with E-state index in [4.69, 9.17) is 14.2 Å². The van der Waals surface area contributed by atoms with E-state index < -0.39 is 47.8 Å². The van der Waals surface area contributed by atoms with Crippen LogP contribution in [-0.2, 0) is 14.3 Å². The number of amides is 3. The lowest BCUT2D eigenvalue weighted by Crippen LogP contribution is -2.55. The summed E-state index contributed by atoms with van der Waals surface area (Å²) < 4.78 is 17.2. The van der Waals surface area contributed by atoms with Crippen LogP contribution in [0.2, 0.25) is 0 Å². The van der Waals surface area contributed by atoms with Gasteiger partial charge in [-0.25, -0.2) is 9.78 Å². The molecule has 2 fully saturated rings. The van der Waals surface area contributed by atoms with E-state index in [1.165, 1.54) is 4.90 Å². The van der Waals surface area contributed by atoms with Crippen LogP contribution in [0.4, 0.5) is 4.79 Å². The Morgan fingerprint density at radius 2 is 1.95 bits per heavy atom. The Balaban J connectivity index is 1.53. The zero-order valence-electron chi connectivity index (χ0n) is 23.8. The molecule has 0 radical (unpaired) electrons. The van der Waals surface area contributed by atoms with Gasteiger partial charge in [0.2, 0.25) is 11.8 Å². The molecule has 1 aliphatic heterocycles. The van der Waals surface area contributed by atoms with Crippen molar-refractivity contribution < 1.29 is 33.7 Å². The van der Waals surface area contributed by atoms with E-state index in [-0.39, 0.29) is 19.0 Å². The molecule has 4 rings (SSSR count). The van der Waals surface area contributed by atoms with E-state index in [0.717, 1.165) is 23.6 Å². The van der Waals surface area contributed by atoms with Gasteiger partial charge in [0.05, 0.1) is 19.7 Å². The predicted molar refractivity (Wildman–Crippen MR) is 148 cm³/mol. The fourth-order valence-corrected chi connectivity index (χ4v) is 4.76. The molecule has 4 atom stereocenters. The number of benzene rings is 1. The lowest BCUT2D eigenvalue weighted by Gasteiger charge is -2.29. The zero-order chi connectivity index (χ0) is 29.0. The third kappa shape index (κ3) is 7.32. The standard InChI is InChI=1S/C29H40N4O7/c1-6-7-22(24(34)26(36)31-18-8-9-18)32-25(35)23-15-20(16-33(23)28(37)40-29(2,3)4)39-27-21-11-10-19(38-5)14-17(21)12-13-30-27/h10-14,18,20,22-24,34H,6-9,15-16H2,1-5H3,(H,31,36)(H,32,35)/t20-,22+,23?,24?/m1/s1. The number of pyridine rings is 1. The van der Waals surface area contributed by atoms with Gasteiger partial charge < -0.3 is 30.0 Å². The number of nitrogens with one attached hydrogen (secondary N) is 2. The highest BCUT2D eigenvalue weighted by Crippen LogP contribution is 2.31. The summed E-state index contributed by atoms with van der Waals surface area (Å²) in [6.45, 7) is 7.27. The normalized spacial score (nSPS) is 20.5. The molecule has 218 valence electrons. The van der Waals surface area contributed by atoms with Crippen molar-refractivity contribution in [1.82, 2.24) is 20.5 Å². The first-order valence-electron chi connectivity index (χ1n) is 13.9. The summed E-state index contributed by atoms with van der Waals surface area (Å²) in [6.07, 6.45) is 2.03. The van der Waals surface area contributed by atoms with Crippen LogP contribution in [0.25, 0.3) is 10.8 Å². The SMILES string of the molecule is CCC[C@H](NC(=O)C1C[C@@H](Oc2nccc3cc(OC)ccc23)CN1C(=O)OC(C)(C)C)C(O)C(=O)NC1CC1. The number of likely N-dealkylation sites (tertiary alicyclic amines) is 1. The van der Waals surface area contributed by atoms with Crippen LogP contribution in [-0.4, -0.2) is 82.5 Å². The summed E-state index contributed by atoms with van der Waals surface area (Å²) in [7, 11) is 1.60. The minimum Gasteiger partial charge on any atom is -0.497 e. The molecular formula is C29H40N4O7. The van der Waals surface area contributed by atoms with Gasteiger partial charge in [0, 0.05) is 24.0 Å². The van der Waals surface area contributed by atoms with Crippen LogP contribution in [0.3, 0.4) is 0 Å². The Labute approximate surface area is 234 Å². The number of methoxy groups -OCH3 is 1. The topological polar surface area (TPSA) is 139 Å². The minimum absolute atomic E-state index is 0.0827. The number of hydrogen-bond donors (Lipinski definition) is 3. The maximum absolute atomic E-state index is 13.6. The fourth-order valence-electron chi connectivity index (χ4n) is 4.76. The van der Waals surface area contributed by atoms with Gasteiger partial charge in [-0.05, 0) is 69.7 Å². The molecule has 1 saturated heterocycles. The molecule has 2 unspecified atom stereocenters. The molecule has 1 aromatic heterocycles. The molecular weight excluding hydrogens is 516 g/mol. The number of hydrogen-bond acceptors (Lipinski definition) is 8. The number of carbonyl (C=O) groups excluding carboxylic acids is 3. The van der Waals surface area contributed by atoms with E-state index >= 15 is 0 Å². The Morgan fingerprint density at radius 1 is 1.20 bits per heavy atom. The number of aliphatic hydroxyl groups is 1. The van der Waals surface area contributed by atoms with Crippen molar-refractivity contribution in [2.24, 2.45) is 0 Å². The number of rotatable bonds is 10. The van der Waals surface area contributed by atoms with Gasteiger partial charge >= 0.3 is 6.09 Å². The first kappa shape index (κ1) is 29.4. The summed E-state index contributed by atoms with van der Waals surface area (Å²) >= 11 is 0. The van der Waals surface area contributed by atoms with Gasteiger partial charge in [0.1, 0.15) is 23.5 Å². The van der Waals surface area contributed by atoms with Crippen LogP contribution < -0.4 is 20.1 Å². The van der Waals surface area contributed by atoms with Crippen molar-refractivity contribution in [1.29, 1.82) is 0 Å². The molecule has 1 aromatic carbocycles. The van der Waals surface area contributed by atoms with Crippen LogP contribution >= 0.6 is 0 Å². The Bertz CT molecular complexity index is 1230. The molecule has 11 heteroatoms. The molecule has 2 aliphatic rings. The maximum atomic E-state index is 13.6. The van der Waals surface area contributed by atoms with Gasteiger partial charge in [-0.1, -0.05) is 13.3 Å². The van der Waals surface area contributed by atoms with E-state index in [1.807, 2.05) is 31.2 Å². The fraction of sp³-hybridized carbons (Fsp3) is 0.586. The lowest BCUT2D eigenvalue weighted by molar-refractivity contribution is -0.133. The van der Waals surface area contributed by atoms with Crippen molar-refractivity contribution in [2.75, 3.05) is 13.7 Å². The van der Waals surface area contributed by atoms with Crippen molar-refractivity contribution in [3.63, 3.8) is 0 Å². The van der Waals surface area contributed by atoms with E-state index in [0.29, 0.717) is 24.5 Å². The van der Waals surface area contributed by atoms with Gasteiger partial charge in [-0.3, -0.25) is 14.5 Å². The molecule has 3 amide bonds. The second-order valence-corrected chi connectivity index (χ2v) is 11.5. The van der Waals surface area contributed by atoms with E-state index in [2.05, 4.69) is 15.6 Å². The Kier molecular flexibility index (Phi) is 9.02. The molecule has 3 N–H and O–H groups in total. The van der Waals surface area contributed by atoms with Crippen molar-refractivity contribution in [3.05, 3.63) is 30.5 Å². The summed E-state index contributed by atoms with van der Waals surface area (Å²) in [5.41, 5.74) is -0.769. The number of nitrogens with zero attached hydrogens (tertiary/aromatic N) is 2. The van der Waals surface area contributed by atoms with Gasteiger partial charge in [-0.15, -0.1) is 0 Å². The van der Waals surface area contributed by atoms with Crippen molar-refractivity contribution in [3.8, 4) is 11.6 Å². The first-order valence-corrected chi connectivity index (χ1v) is 13.9. The molecule has 40 heavy (non-hydrogen) atoms. The quantitative estimate of drug-likeness (QED) is 0.406. The number of aromatic nitrogens is 1. The average molecular weight is 557 g/mol. The number of fused-ring (bicyclic) bond motifs is 1. The Morgan fingerprint density at radius 3 is 2.60 bits per heavy atom. The monoisotopic (exact) mass is 556 g/mol. The smallest absolute Gasteiger partial charge is 0.411 e. The molecule has 11 nitrogen and oxygen atoms in total. The number of carbonyl (C=O) groups is 3. The van der Waals surface area contributed by atoms with Crippen LogP contribution in [0.1, 0.15) is 59.8 Å². The second-order valence-electron chi connectivity index (χ2n) is 11.5. The highest BCUT2D eigenvalue weighted by atomic mass is 16.6. The molecule has 2 aromatic rings. The third-order valence-corrected chi connectivity index (χ3v) is 6.91. The van der Waals surface area contributed by atoms with Crippen LogP contribution in [0, 0.1) is 0 Å². The number of aliphatic hydroxyl groups excluding tert-OH is 1. The summed E-state index contributed by atoms with van der Waals surface area (Å²) in [6, 6.07) is 5.75. The molecule has 2 heterocycles. The van der Waals surface area contributed by atoms with Crippen molar-refractivity contribution >= 4 is 28.7 Å². The average Bonchev–Trinajstić information content (AvgIpc) is 3.62. The van der Waals surface area contributed by atoms with Gasteiger partial charge in [0.25, 0.3) is 5.91 Å². The van der Waals surface area contributed by atoms with Crippen molar-refractivity contribution in [2.45, 2.75) is 95.7 Å². The largest absolute Gasteiger partial charge is 0.497 e. The van der Waals surface area contributed by atoms with Gasteiger partial charge in [0.15, 0.2) is 6.10 Å². The predicted octanol–water partition coefficient (Wildman–Crippen LogP) is 2.92. The van der Waals surface area contributed by atoms with Crippen LogP contribution in [0.5, 0.6) is 11.6 Å². The maximum Gasteiger partial charge on any atom is 0.411 e. The molecule has 0 bridgehead atoms. The second kappa shape index (κ2) is 12.3. The zero-order valence-corrected chi connectivity index (χ0v) is 23.8. The number of ether oxygens (including phenoxy) is 3. The highest BCUT2D eigenvalue weighted by Gasteiger charge is 2.44. The van der Waals surface area contributed by atoms with Crippen LogP contribution in [0.15, 0.2) is 30.5 Å². The summed E-state index contributed by atoms with van der Waals surface area (Å²) in [5, 5.41) is 18.0.